The Bertz CT molecular complexity index is 751. The van der Waals surface area contributed by atoms with Crippen LogP contribution in [-0.2, 0) is 0 Å². The zero-order chi connectivity index (χ0) is 18.7. The lowest BCUT2D eigenvalue weighted by Crippen LogP contribution is -2.13. The largest absolute Gasteiger partial charge is 0.289 e. The van der Waals surface area contributed by atoms with Crippen molar-refractivity contribution < 1.29 is 18.0 Å². The number of ketones is 1. The van der Waals surface area contributed by atoms with Gasteiger partial charge in [0.15, 0.2) is 23.2 Å². The van der Waals surface area contributed by atoms with Crippen LogP contribution in [0.4, 0.5) is 13.2 Å². The maximum atomic E-state index is 13.3. The molecule has 2 aromatic carbocycles. The Labute approximate surface area is 152 Å². The van der Waals surface area contributed by atoms with Gasteiger partial charge in [0.1, 0.15) is 0 Å². The first kappa shape index (κ1) is 18.7. The van der Waals surface area contributed by atoms with E-state index < -0.39 is 23.2 Å². The molecule has 26 heavy (non-hydrogen) atoms. The standard InChI is InChI=1S/C22H23F3O/c1-2-3-14-4-6-15(7-5-14)16-8-10-17(11-9-16)22(26)18-12-19(23)21(25)20(24)13-18/h8-15H,2-7H2,1H3. The summed E-state index contributed by atoms with van der Waals surface area (Å²) in [6, 6.07) is 8.71. The second kappa shape index (κ2) is 8.07. The lowest BCUT2D eigenvalue weighted by atomic mass is 9.77. The van der Waals surface area contributed by atoms with E-state index in [2.05, 4.69) is 6.92 Å². The van der Waals surface area contributed by atoms with Crippen molar-refractivity contribution in [2.75, 3.05) is 0 Å². The fraction of sp³-hybridized carbons (Fsp3) is 0.409. The first-order valence-corrected chi connectivity index (χ1v) is 9.28. The minimum absolute atomic E-state index is 0.186. The molecule has 0 spiro atoms. The van der Waals surface area contributed by atoms with E-state index in [1.54, 1.807) is 12.1 Å². The lowest BCUT2D eigenvalue weighted by Gasteiger charge is -2.28. The topological polar surface area (TPSA) is 17.1 Å². The van der Waals surface area contributed by atoms with Crippen LogP contribution < -0.4 is 0 Å². The summed E-state index contributed by atoms with van der Waals surface area (Å²) in [7, 11) is 0. The van der Waals surface area contributed by atoms with Crippen molar-refractivity contribution >= 4 is 5.78 Å². The van der Waals surface area contributed by atoms with Crippen molar-refractivity contribution in [1.29, 1.82) is 0 Å². The third kappa shape index (κ3) is 4.00. The maximum Gasteiger partial charge on any atom is 0.194 e. The van der Waals surface area contributed by atoms with E-state index in [1.165, 1.54) is 31.2 Å². The summed E-state index contributed by atoms with van der Waals surface area (Å²) < 4.78 is 39.7. The Kier molecular flexibility index (Phi) is 5.80. The number of rotatable bonds is 5. The maximum absolute atomic E-state index is 13.3. The summed E-state index contributed by atoms with van der Waals surface area (Å²) >= 11 is 0. The predicted octanol–water partition coefficient (Wildman–Crippen LogP) is 6.41. The van der Waals surface area contributed by atoms with Crippen molar-refractivity contribution in [3.05, 3.63) is 70.5 Å². The zero-order valence-corrected chi connectivity index (χ0v) is 14.9. The number of benzene rings is 2. The molecule has 1 aliphatic carbocycles. The minimum Gasteiger partial charge on any atom is -0.289 e. The first-order valence-electron chi connectivity index (χ1n) is 9.28. The van der Waals surface area contributed by atoms with Crippen molar-refractivity contribution in [2.45, 2.75) is 51.4 Å². The van der Waals surface area contributed by atoms with Crippen LogP contribution in [0.15, 0.2) is 36.4 Å². The monoisotopic (exact) mass is 360 g/mol. The van der Waals surface area contributed by atoms with Gasteiger partial charge in [0.2, 0.25) is 0 Å². The molecule has 0 radical (unpaired) electrons. The molecule has 0 atom stereocenters. The van der Waals surface area contributed by atoms with Gasteiger partial charge in [0.05, 0.1) is 0 Å². The molecular weight excluding hydrogens is 337 g/mol. The average molecular weight is 360 g/mol. The van der Waals surface area contributed by atoms with E-state index in [1.807, 2.05) is 12.1 Å². The molecule has 1 nitrogen and oxygen atoms in total. The van der Waals surface area contributed by atoms with Crippen LogP contribution in [0.3, 0.4) is 0 Å². The Morgan fingerprint density at radius 1 is 0.923 bits per heavy atom. The second-order valence-electron chi connectivity index (χ2n) is 7.21. The summed E-state index contributed by atoms with van der Waals surface area (Å²) in [5.41, 5.74) is 1.36. The zero-order valence-electron chi connectivity index (χ0n) is 14.9. The number of halogens is 3. The fourth-order valence-corrected chi connectivity index (χ4v) is 3.95. The lowest BCUT2D eigenvalue weighted by molar-refractivity contribution is 0.103. The summed E-state index contributed by atoms with van der Waals surface area (Å²) in [5.74, 6) is -3.44. The molecule has 3 rings (SSSR count). The van der Waals surface area contributed by atoms with Gasteiger partial charge in [-0.25, -0.2) is 13.2 Å². The van der Waals surface area contributed by atoms with Crippen LogP contribution in [-0.4, -0.2) is 5.78 Å². The smallest absolute Gasteiger partial charge is 0.194 e. The van der Waals surface area contributed by atoms with Crippen LogP contribution >= 0.6 is 0 Å². The van der Waals surface area contributed by atoms with Crippen molar-refractivity contribution in [1.82, 2.24) is 0 Å². The van der Waals surface area contributed by atoms with Gasteiger partial charge in [-0.1, -0.05) is 44.0 Å². The highest BCUT2D eigenvalue weighted by atomic mass is 19.2. The summed E-state index contributed by atoms with van der Waals surface area (Å²) in [4.78, 5) is 12.4. The quantitative estimate of drug-likeness (QED) is 0.445. The molecule has 138 valence electrons. The molecule has 0 aliphatic heterocycles. The SMILES string of the molecule is CCCC1CCC(c2ccc(C(=O)c3cc(F)c(F)c(F)c3)cc2)CC1. The molecule has 0 unspecified atom stereocenters. The van der Waals surface area contributed by atoms with E-state index >= 15 is 0 Å². The molecule has 0 bridgehead atoms. The molecule has 0 aromatic heterocycles. The first-order chi connectivity index (χ1) is 12.5. The average Bonchev–Trinajstić information content (AvgIpc) is 2.66. The summed E-state index contributed by atoms with van der Waals surface area (Å²) in [6.07, 6.45) is 7.33. The Morgan fingerprint density at radius 2 is 1.50 bits per heavy atom. The minimum atomic E-state index is -1.56. The van der Waals surface area contributed by atoms with E-state index in [4.69, 9.17) is 0 Å². The van der Waals surface area contributed by atoms with E-state index in [-0.39, 0.29) is 5.56 Å². The highest BCUT2D eigenvalue weighted by Gasteiger charge is 2.22. The molecule has 2 aromatic rings. The normalized spacial score (nSPS) is 20.2. The van der Waals surface area contributed by atoms with Gasteiger partial charge in [-0.2, -0.15) is 0 Å². The Hall–Kier alpha value is -2.10. The molecule has 0 N–H and O–H groups in total. The number of hydrogen-bond acceptors (Lipinski definition) is 1. The highest BCUT2D eigenvalue weighted by molar-refractivity contribution is 6.09. The van der Waals surface area contributed by atoms with Gasteiger partial charge in [0, 0.05) is 11.1 Å². The van der Waals surface area contributed by atoms with Crippen molar-refractivity contribution in [3.63, 3.8) is 0 Å². The van der Waals surface area contributed by atoms with Crippen LogP contribution in [0, 0.1) is 23.4 Å². The van der Waals surface area contributed by atoms with Crippen LogP contribution in [0.5, 0.6) is 0 Å². The highest BCUT2D eigenvalue weighted by Crippen LogP contribution is 2.37. The third-order valence-corrected chi connectivity index (χ3v) is 5.43. The van der Waals surface area contributed by atoms with Gasteiger partial charge in [-0.15, -0.1) is 0 Å². The van der Waals surface area contributed by atoms with Gasteiger partial charge in [-0.3, -0.25) is 4.79 Å². The third-order valence-electron chi connectivity index (χ3n) is 5.43. The van der Waals surface area contributed by atoms with Gasteiger partial charge < -0.3 is 0 Å². The van der Waals surface area contributed by atoms with Crippen molar-refractivity contribution in [3.8, 4) is 0 Å². The number of hydrogen-bond donors (Lipinski definition) is 0. The molecule has 0 saturated heterocycles. The van der Waals surface area contributed by atoms with E-state index in [0.29, 0.717) is 11.5 Å². The van der Waals surface area contributed by atoms with Crippen LogP contribution in [0.1, 0.15) is 72.9 Å². The molecule has 1 aliphatic rings. The number of carbonyl (C=O) groups is 1. The molecule has 1 fully saturated rings. The summed E-state index contributed by atoms with van der Waals surface area (Å²) in [6.45, 7) is 2.22. The second-order valence-corrected chi connectivity index (χ2v) is 7.21. The predicted molar refractivity (Wildman–Crippen MR) is 95.8 cm³/mol. The van der Waals surface area contributed by atoms with Gasteiger partial charge >= 0.3 is 0 Å². The van der Waals surface area contributed by atoms with Crippen molar-refractivity contribution in [2.24, 2.45) is 5.92 Å². The molecule has 4 heteroatoms. The van der Waals surface area contributed by atoms with Crippen LogP contribution in [0.25, 0.3) is 0 Å². The number of carbonyl (C=O) groups excluding carboxylic acids is 1. The fourth-order valence-electron chi connectivity index (χ4n) is 3.95. The Morgan fingerprint density at radius 3 is 2.04 bits per heavy atom. The van der Waals surface area contributed by atoms with E-state index in [9.17, 15) is 18.0 Å². The van der Waals surface area contributed by atoms with Gasteiger partial charge in [0.25, 0.3) is 0 Å². The van der Waals surface area contributed by atoms with Crippen LogP contribution in [0.2, 0.25) is 0 Å². The molecule has 0 amide bonds. The molecule has 0 heterocycles. The molecular formula is C22H23F3O. The molecule has 1 saturated carbocycles. The summed E-state index contributed by atoms with van der Waals surface area (Å²) in [5, 5.41) is 0. The van der Waals surface area contributed by atoms with Gasteiger partial charge in [-0.05, 0) is 55.2 Å². The van der Waals surface area contributed by atoms with E-state index in [0.717, 1.165) is 30.9 Å². The Balaban J connectivity index is 1.71.